The van der Waals surface area contributed by atoms with Crippen LogP contribution in [0.15, 0.2) is 0 Å². The van der Waals surface area contributed by atoms with Crippen molar-refractivity contribution in [1.29, 1.82) is 0 Å². The topological polar surface area (TPSA) is 41.6 Å². The molecule has 1 saturated heterocycles. The van der Waals surface area contributed by atoms with Gasteiger partial charge in [-0.2, -0.15) is 0 Å². The van der Waals surface area contributed by atoms with Gasteiger partial charge in [0, 0.05) is 39.8 Å². The van der Waals surface area contributed by atoms with E-state index in [1.165, 1.54) is 51.5 Å². The van der Waals surface area contributed by atoms with Gasteiger partial charge in [0.25, 0.3) is 0 Å². The fourth-order valence-corrected chi connectivity index (χ4v) is 6.88. The van der Waals surface area contributed by atoms with E-state index in [9.17, 15) is 4.79 Å². The van der Waals surface area contributed by atoms with E-state index < -0.39 is 0 Å². The molecule has 4 saturated carbocycles. The highest BCUT2D eigenvalue weighted by Gasteiger charge is 2.51. The standard InChI is InChI=1S/C21H36N2O2/c1-25-6-2-4-23-5-3-16(15-23)14-22-20(24)13-21-10-17-7-18(11-21)9-19(8-17)12-21/h16-19H,2-15H2,1H3,(H,22,24)/t16-,17?,18?,19?,21?/m1/s1. The maximum Gasteiger partial charge on any atom is 0.220 e. The highest BCUT2D eigenvalue weighted by molar-refractivity contribution is 5.76. The van der Waals surface area contributed by atoms with Crippen LogP contribution in [0, 0.1) is 29.1 Å². The van der Waals surface area contributed by atoms with Crippen LogP contribution >= 0.6 is 0 Å². The molecule has 5 fully saturated rings. The summed E-state index contributed by atoms with van der Waals surface area (Å²) in [5.41, 5.74) is 0.376. The minimum absolute atomic E-state index is 0.333. The second-order valence-corrected chi connectivity index (χ2v) is 9.70. The number of ether oxygens (including phenoxy) is 1. The monoisotopic (exact) mass is 348 g/mol. The average Bonchev–Trinajstić information content (AvgIpc) is 2.99. The van der Waals surface area contributed by atoms with Gasteiger partial charge in [-0.1, -0.05) is 0 Å². The number of nitrogens with zero attached hydrogens (tertiary/aromatic N) is 1. The van der Waals surface area contributed by atoms with E-state index in [0.29, 0.717) is 17.2 Å². The third-order valence-electron chi connectivity index (χ3n) is 7.48. The average molecular weight is 349 g/mol. The Bertz CT molecular complexity index is 443. The van der Waals surface area contributed by atoms with E-state index in [1.54, 1.807) is 7.11 Å². The Morgan fingerprint density at radius 2 is 1.84 bits per heavy atom. The minimum atomic E-state index is 0.333. The normalized spacial score (nSPS) is 39.9. The first kappa shape index (κ1) is 17.8. The van der Waals surface area contributed by atoms with Crippen molar-refractivity contribution in [3.63, 3.8) is 0 Å². The zero-order valence-electron chi connectivity index (χ0n) is 16.0. The van der Waals surface area contributed by atoms with Crippen molar-refractivity contribution >= 4 is 5.91 Å². The van der Waals surface area contributed by atoms with Crippen molar-refractivity contribution in [2.75, 3.05) is 39.9 Å². The quantitative estimate of drug-likeness (QED) is 0.686. The van der Waals surface area contributed by atoms with Gasteiger partial charge in [-0.15, -0.1) is 0 Å². The molecule has 1 amide bonds. The molecule has 0 spiro atoms. The van der Waals surface area contributed by atoms with E-state index in [1.807, 2.05) is 0 Å². The minimum Gasteiger partial charge on any atom is -0.385 e. The van der Waals surface area contributed by atoms with Gasteiger partial charge in [0.2, 0.25) is 5.91 Å². The summed E-state index contributed by atoms with van der Waals surface area (Å²) in [4.78, 5) is 15.2. The van der Waals surface area contributed by atoms with Gasteiger partial charge in [-0.3, -0.25) is 4.79 Å². The third-order valence-corrected chi connectivity index (χ3v) is 7.48. The summed E-state index contributed by atoms with van der Waals surface area (Å²) in [6.45, 7) is 5.18. The van der Waals surface area contributed by atoms with E-state index in [2.05, 4.69) is 10.2 Å². The Morgan fingerprint density at radius 3 is 2.48 bits per heavy atom. The van der Waals surface area contributed by atoms with Gasteiger partial charge in [0.05, 0.1) is 0 Å². The number of hydrogen-bond acceptors (Lipinski definition) is 3. The molecule has 0 radical (unpaired) electrons. The van der Waals surface area contributed by atoms with E-state index in [-0.39, 0.29) is 0 Å². The molecule has 4 nitrogen and oxygen atoms in total. The SMILES string of the molecule is COCCCN1CC[C@H](CNC(=O)CC23CC4CC(CC(C4)C2)C3)C1. The van der Waals surface area contributed by atoms with Crippen LogP contribution in [0.25, 0.3) is 0 Å². The van der Waals surface area contributed by atoms with Crippen LogP contribution < -0.4 is 5.32 Å². The summed E-state index contributed by atoms with van der Waals surface area (Å²) < 4.78 is 5.14. The summed E-state index contributed by atoms with van der Waals surface area (Å²) in [6, 6.07) is 0. The number of hydrogen-bond donors (Lipinski definition) is 1. The molecule has 1 atom stereocenters. The molecule has 5 aliphatic rings. The number of carbonyl (C=O) groups is 1. The number of carbonyl (C=O) groups excluding carboxylic acids is 1. The van der Waals surface area contributed by atoms with Crippen molar-refractivity contribution in [3.05, 3.63) is 0 Å². The van der Waals surface area contributed by atoms with Gasteiger partial charge in [-0.25, -0.2) is 0 Å². The molecule has 4 aliphatic carbocycles. The number of amides is 1. The lowest BCUT2D eigenvalue weighted by Gasteiger charge is -2.56. The molecular weight excluding hydrogens is 312 g/mol. The molecule has 0 unspecified atom stereocenters. The fraction of sp³-hybridized carbons (Fsp3) is 0.952. The second kappa shape index (κ2) is 7.56. The predicted octanol–water partition coefficient (Wildman–Crippen LogP) is 3.07. The summed E-state index contributed by atoms with van der Waals surface area (Å²) in [5.74, 6) is 3.79. The highest BCUT2D eigenvalue weighted by atomic mass is 16.5. The van der Waals surface area contributed by atoms with Gasteiger partial charge < -0.3 is 15.0 Å². The number of nitrogens with one attached hydrogen (secondary N) is 1. The predicted molar refractivity (Wildman–Crippen MR) is 99.3 cm³/mol. The summed E-state index contributed by atoms with van der Waals surface area (Å²) in [5, 5.41) is 3.30. The molecule has 5 rings (SSSR count). The molecule has 1 aliphatic heterocycles. The molecule has 4 heteroatoms. The van der Waals surface area contributed by atoms with Gasteiger partial charge in [0.15, 0.2) is 0 Å². The summed E-state index contributed by atoms with van der Waals surface area (Å²) in [7, 11) is 1.77. The van der Waals surface area contributed by atoms with Gasteiger partial charge in [0.1, 0.15) is 0 Å². The van der Waals surface area contributed by atoms with Crippen LogP contribution in [0.4, 0.5) is 0 Å². The Labute approximate surface area is 153 Å². The molecule has 1 heterocycles. The summed E-state index contributed by atoms with van der Waals surface area (Å²) in [6.07, 6.45) is 11.5. The number of rotatable bonds is 8. The zero-order chi connectivity index (χ0) is 17.3. The Morgan fingerprint density at radius 1 is 1.16 bits per heavy atom. The molecule has 0 aromatic carbocycles. The first-order chi connectivity index (χ1) is 12.1. The Hall–Kier alpha value is -0.610. The van der Waals surface area contributed by atoms with Crippen molar-refractivity contribution in [2.24, 2.45) is 29.1 Å². The molecule has 142 valence electrons. The van der Waals surface area contributed by atoms with Crippen LogP contribution in [-0.2, 0) is 9.53 Å². The maximum absolute atomic E-state index is 12.6. The Kier molecular flexibility index (Phi) is 5.38. The van der Waals surface area contributed by atoms with Crippen molar-refractivity contribution in [1.82, 2.24) is 10.2 Å². The molecule has 0 aromatic rings. The van der Waals surface area contributed by atoms with Crippen LogP contribution in [0.5, 0.6) is 0 Å². The van der Waals surface area contributed by atoms with Crippen LogP contribution in [0.1, 0.15) is 57.8 Å². The molecule has 4 bridgehead atoms. The van der Waals surface area contributed by atoms with Crippen LogP contribution in [0.2, 0.25) is 0 Å². The van der Waals surface area contributed by atoms with Crippen LogP contribution in [-0.4, -0.2) is 50.7 Å². The lowest BCUT2D eigenvalue weighted by atomic mass is 9.49. The smallest absolute Gasteiger partial charge is 0.220 e. The molecule has 0 aromatic heterocycles. The second-order valence-electron chi connectivity index (χ2n) is 9.70. The fourth-order valence-electron chi connectivity index (χ4n) is 6.88. The first-order valence-corrected chi connectivity index (χ1v) is 10.6. The van der Waals surface area contributed by atoms with Crippen LogP contribution in [0.3, 0.4) is 0 Å². The van der Waals surface area contributed by atoms with Gasteiger partial charge >= 0.3 is 0 Å². The van der Waals surface area contributed by atoms with E-state index in [4.69, 9.17) is 4.74 Å². The van der Waals surface area contributed by atoms with Crippen molar-refractivity contribution in [3.8, 4) is 0 Å². The van der Waals surface area contributed by atoms with Crippen molar-refractivity contribution in [2.45, 2.75) is 57.8 Å². The summed E-state index contributed by atoms with van der Waals surface area (Å²) >= 11 is 0. The molecular formula is C21H36N2O2. The molecule has 1 N–H and O–H groups in total. The largest absolute Gasteiger partial charge is 0.385 e. The van der Waals surface area contributed by atoms with Crippen molar-refractivity contribution < 1.29 is 9.53 Å². The maximum atomic E-state index is 12.6. The van der Waals surface area contributed by atoms with Gasteiger partial charge in [-0.05, 0) is 87.0 Å². The Balaban J connectivity index is 1.19. The first-order valence-electron chi connectivity index (χ1n) is 10.6. The van der Waals surface area contributed by atoms with E-state index in [0.717, 1.165) is 56.8 Å². The third kappa shape index (κ3) is 4.21. The highest BCUT2D eigenvalue weighted by Crippen LogP contribution is 2.61. The molecule has 25 heavy (non-hydrogen) atoms. The van der Waals surface area contributed by atoms with E-state index >= 15 is 0 Å². The lowest BCUT2D eigenvalue weighted by Crippen LogP contribution is -2.48. The number of methoxy groups -OCH3 is 1. The number of likely N-dealkylation sites (tertiary alicyclic amines) is 1. The lowest BCUT2D eigenvalue weighted by molar-refractivity contribution is -0.129. The zero-order valence-corrected chi connectivity index (χ0v) is 16.0.